The van der Waals surface area contributed by atoms with Gasteiger partial charge in [0.25, 0.3) is 0 Å². The van der Waals surface area contributed by atoms with Crippen LogP contribution in [0.3, 0.4) is 0 Å². The van der Waals surface area contributed by atoms with E-state index in [2.05, 4.69) is 5.32 Å². The van der Waals surface area contributed by atoms with Gasteiger partial charge in [-0.2, -0.15) is 0 Å². The Kier molecular flexibility index (Phi) is 9.38. The second kappa shape index (κ2) is 11.3. The van der Waals surface area contributed by atoms with Crippen LogP contribution in [0, 0.1) is 0 Å². The van der Waals surface area contributed by atoms with E-state index in [4.69, 9.17) is 9.84 Å². The molecular weight excluding hydrogens is 310 g/mol. The molecule has 0 aromatic heterocycles. The highest BCUT2D eigenvalue weighted by Crippen LogP contribution is 2.06. The molecule has 0 saturated heterocycles. The number of aliphatic hydroxyl groups is 1. The first-order chi connectivity index (χ1) is 11.6. The third-order valence-corrected chi connectivity index (χ3v) is 3.54. The molecule has 1 rings (SSSR count). The molecule has 1 amide bonds. The van der Waals surface area contributed by atoms with Crippen molar-refractivity contribution in [2.24, 2.45) is 0 Å². The number of aliphatic hydroxyl groups excluding tert-OH is 1. The minimum absolute atomic E-state index is 0.0666. The van der Waals surface area contributed by atoms with Crippen molar-refractivity contribution in [3.8, 4) is 0 Å². The Hall–Kier alpha value is -2.21. The number of hydrogen-bond donors (Lipinski definition) is 2. The lowest BCUT2D eigenvalue weighted by Gasteiger charge is -2.16. The van der Waals surface area contributed by atoms with Gasteiger partial charge in [-0.25, -0.2) is 4.79 Å². The van der Waals surface area contributed by atoms with E-state index in [1.165, 1.54) is 0 Å². The van der Waals surface area contributed by atoms with E-state index in [0.717, 1.165) is 24.8 Å². The summed E-state index contributed by atoms with van der Waals surface area (Å²) in [4.78, 5) is 35.4. The first-order valence-electron chi connectivity index (χ1n) is 8.19. The van der Waals surface area contributed by atoms with Gasteiger partial charge in [0.2, 0.25) is 0 Å². The Bertz CT molecular complexity index is 529. The SMILES string of the molecule is CCCCCC(=O)CC(NC(=O)OCc1ccccc1)C(=O)CO. The summed E-state index contributed by atoms with van der Waals surface area (Å²) in [6.45, 7) is 1.37. The zero-order chi connectivity index (χ0) is 17.8. The first-order valence-corrected chi connectivity index (χ1v) is 8.19. The van der Waals surface area contributed by atoms with E-state index in [-0.39, 0.29) is 18.8 Å². The van der Waals surface area contributed by atoms with Crippen molar-refractivity contribution in [2.75, 3.05) is 6.61 Å². The smallest absolute Gasteiger partial charge is 0.408 e. The standard InChI is InChI=1S/C18H25NO5/c1-2-3-5-10-15(21)11-16(17(22)12-20)19-18(23)24-13-14-8-6-4-7-9-14/h4,6-9,16,20H,2-3,5,10-13H2,1H3,(H,19,23). The topological polar surface area (TPSA) is 92.7 Å². The summed E-state index contributed by atoms with van der Waals surface area (Å²) >= 11 is 0. The van der Waals surface area contributed by atoms with Gasteiger partial charge >= 0.3 is 6.09 Å². The summed E-state index contributed by atoms with van der Waals surface area (Å²) < 4.78 is 5.04. The van der Waals surface area contributed by atoms with Crippen LogP contribution in [-0.4, -0.2) is 35.4 Å². The van der Waals surface area contributed by atoms with Crippen molar-refractivity contribution >= 4 is 17.7 Å². The van der Waals surface area contributed by atoms with E-state index in [1.807, 2.05) is 25.1 Å². The van der Waals surface area contributed by atoms with Gasteiger partial charge in [-0.05, 0) is 12.0 Å². The van der Waals surface area contributed by atoms with Crippen molar-refractivity contribution in [1.82, 2.24) is 5.32 Å². The quantitative estimate of drug-likeness (QED) is 0.606. The molecule has 1 aromatic carbocycles. The minimum Gasteiger partial charge on any atom is -0.445 e. The molecule has 0 heterocycles. The number of Topliss-reactive ketones (excluding diaryl/α,β-unsaturated/α-hetero) is 2. The van der Waals surface area contributed by atoms with Gasteiger partial charge in [-0.15, -0.1) is 0 Å². The molecule has 24 heavy (non-hydrogen) atoms. The first kappa shape index (κ1) is 19.8. The van der Waals surface area contributed by atoms with Gasteiger partial charge in [0.15, 0.2) is 5.78 Å². The van der Waals surface area contributed by atoms with Crippen LogP contribution in [-0.2, 0) is 20.9 Å². The van der Waals surface area contributed by atoms with E-state index >= 15 is 0 Å². The molecule has 1 unspecified atom stereocenters. The van der Waals surface area contributed by atoms with Crippen LogP contribution in [0.5, 0.6) is 0 Å². The number of alkyl carbamates (subject to hydrolysis) is 1. The molecule has 1 atom stereocenters. The summed E-state index contributed by atoms with van der Waals surface area (Å²) in [6, 6.07) is 8.06. The molecule has 6 heteroatoms. The molecule has 2 N–H and O–H groups in total. The van der Waals surface area contributed by atoms with Crippen molar-refractivity contribution in [2.45, 2.75) is 51.7 Å². The van der Waals surface area contributed by atoms with Crippen LogP contribution in [0.4, 0.5) is 4.79 Å². The monoisotopic (exact) mass is 335 g/mol. The summed E-state index contributed by atoms with van der Waals surface area (Å²) in [6.07, 6.45) is 2.15. The predicted molar refractivity (Wildman–Crippen MR) is 89.4 cm³/mol. The van der Waals surface area contributed by atoms with E-state index < -0.39 is 24.5 Å². The fourth-order valence-electron chi connectivity index (χ4n) is 2.16. The number of benzene rings is 1. The maximum absolute atomic E-state index is 11.9. The Morgan fingerprint density at radius 3 is 2.50 bits per heavy atom. The molecule has 0 aliphatic carbocycles. The van der Waals surface area contributed by atoms with E-state index in [9.17, 15) is 14.4 Å². The Balaban J connectivity index is 2.47. The fourth-order valence-corrected chi connectivity index (χ4v) is 2.16. The Labute approximate surface area is 142 Å². The zero-order valence-corrected chi connectivity index (χ0v) is 14.0. The molecule has 6 nitrogen and oxygen atoms in total. The minimum atomic E-state index is -1.05. The molecular formula is C18H25NO5. The third kappa shape index (κ3) is 7.87. The maximum atomic E-state index is 11.9. The van der Waals surface area contributed by atoms with Crippen molar-refractivity contribution in [3.63, 3.8) is 0 Å². The molecule has 0 bridgehead atoms. The maximum Gasteiger partial charge on any atom is 0.408 e. The number of carbonyl (C=O) groups excluding carboxylic acids is 3. The molecule has 0 aliphatic heterocycles. The molecule has 1 aromatic rings. The van der Waals surface area contributed by atoms with Crippen LogP contribution in [0.15, 0.2) is 30.3 Å². The number of hydrogen-bond acceptors (Lipinski definition) is 5. The summed E-state index contributed by atoms with van der Waals surface area (Å²) in [5.41, 5.74) is 0.813. The molecule has 0 radical (unpaired) electrons. The van der Waals surface area contributed by atoms with E-state index in [1.54, 1.807) is 12.1 Å². The molecule has 132 valence electrons. The Morgan fingerprint density at radius 2 is 1.88 bits per heavy atom. The summed E-state index contributed by atoms with van der Waals surface area (Å²) in [5.74, 6) is -0.714. The van der Waals surface area contributed by atoms with Crippen LogP contribution < -0.4 is 5.32 Å². The fraction of sp³-hybridized carbons (Fsp3) is 0.500. The normalized spacial score (nSPS) is 11.6. The average molecular weight is 335 g/mol. The highest BCUT2D eigenvalue weighted by molar-refractivity contribution is 5.93. The molecule has 0 spiro atoms. The highest BCUT2D eigenvalue weighted by atomic mass is 16.5. The lowest BCUT2D eigenvalue weighted by molar-refractivity contribution is -0.127. The van der Waals surface area contributed by atoms with Gasteiger partial charge < -0.3 is 15.2 Å². The van der Waals surface area contributed by atoms with Crippen LogP contribution in [0.1, 0.15) is 44.6 Å². The number of ether oxygens (including phenoxy) is 1. The van der Waals surface area contributed by atoms with Gasteiger partial charge in [-0.3, -0.25) is 9.59 Å². The van der Waals surface area contributed by atoms with Crippen LogP contribution in [0.25, 0.3) is 0 Å². The van der Waals surface area contributed by atoms with Gasteiger partial charge in [0, 0.05) is 12.8 Å². The highest BCUT2D eigenvalue weighted by Gasteiger charge is 2.23. The molecule has 0 aliphatic rings. The number of rotatable bonds is 11. The second-order valence-electron chi connectivity index (χ2n) is 5.58. The van der Waals surface area contributed by atoms with Crippen LogP contribution in [0.2, 0.25) is 0 Å². The summed E-state index contributed by atoms with van der Waals surface area (Å²) in [5, 5.41) is 11.4. The molecule has 0 saturated carbocycles. The largest absolute Gasteiger partial charge is 0.445 e. The van der Waals surface area contributed by atoms with Crippen molar-refractivity contribution < 1.29 is 24.2 Å². The van der Waals surface area contributed by atoms with Crippen molar-refractivity contribution in [3.05, 3.63) is 35.9 Å². The number of amides is 1. The summed E-state index contributed by atoms with van der Waals surface area (Å²) in [7, 11) is 0. The number of unbranched alkanes of at least 4 members (excludes halogenated alkanes) is 2. The zero-order valence-electron chi connectivity index (χ0n) is 14.0. The van der Waals surface area contributed by atoms with Crippen molar-refractivity contribution in [1.29, 1.82) is 0 Å². The van der Waals surface area contributed by atoms with Crippen LogP contribution >= 0.6 is 0 Å². The lowest BCUT2D eigenvalue weighted by atomic mass is 10.0. The molecule has 0 fully saturated rings. The van der Waals surface area contributed by atoms with Gasteiger partial charge in [0.1, 0.15) is 25.0 Å². The number of carbonyl (C=O) groups is 3. The Morgan fingerprint density at radius 1 is 1.17 bits per heavy atom. The third-order valence-electron chi connectivity index (χ3n) is 3.54. The predicted octanol–water partition coefficient (Wildman–Crippen LogP) is 2.38. The van der Waals surface area contributed by atoms with Gasteiger partial charge in [-0.1, -0.05) is 50.1 Å². The average Bonchev–Trinajstić information content (AvgIpc) is 2.60. The lowest BCUT2D eigenvalue weighted by Crippen LogP contribution is -2.43. The number of nitrogens with one attached hydrogen (secondary N) is 1. The van der Waals surface area contributed by atoms with Gasteiger partial charge in [0.05, 0.1) is 0 Å². The second-order valence-corrected chi connectivity index (χ2v) is 5.58. The van der Waals surface area contributed by atoms with E-state index in [0.29, 0.717) is 6.42 Å². The number of ketones is 2.